The van der Waals surface area contributed by atoms with Crippen LogP contribution in [0.15, 0.2) is 48.7 Å². The zero-order valence-corrected chi connectivity index (χ0v) is 22.6. The van der Waals surface area contributed by atoms with Crippen LogP contribution in [-0.4, -0.2) is 54.6 Å². The van der Waals surface area contributed by atoms with Gasteiger partial charge >= 0.3 is 5.95 Å². The van der Waals surface area contributed by atoms with Crippen molar-refractivity contribution in [2.45, 2.75) is 32.1 Å². The van der Waals surface area contributed by atoms with Gasteiger partial charge in [-0.15, -0.1) is 0 Å². The number of nitrogens with two attached hydrogens (primary N) is 1. The van der Waals surface area contributed by atoms with Crippen molar-refractivity contribution in [2.75, 3.05) is 44.5 Å². The first-order valence-corrected chi connectivity index (χ1v) is 13.3. The number of aromatic nitrogens is 3. The number of hydrogen-bond donors (Lipinski definition) is 4. The third-order valence-corrected chi connectivity index (χ3v) is 7.21. The van der Waals surface area contributed by atoms with Gasteiger partial charge in [-0.05, 0) is 74.2 Å². The van der Waals surface area contributed by atoms with Crippen LogP contribution in [0.1, 0.15) is 48.0 Å². The van der Waals surface area contributed by atoms with E-state index < -0.39 is 5.91 Å². The number of primary amides is 1. The van der Waals surface area contributed by atoms with Crippen LogP contribution in [0, 0.1) is 0 Å². The summed E-state index contributed by atoms with van der Waals surface area (Å²) in [5.74, 6) is 2.07. The van der Waals surface area contributed by atoms with Crippen LogP contribution in [0.2, 0.25) is 0 Å². The van der Waals surface area contributed by atoms with Crippen molar-refractivity contribution in [3.05, 3.63) is 59.8 Å². The maximum absolute atomic E-state index is 12.2. The minimum Gasteiger partial charge on any atom is -0.496 e. The summed E-state index contributed by atoms with van der Waals surface area (Å²) < 4.78 is 11.1. The Morgan fingerprint density at radius 2 is 2.00 bits per heavy atom. The number of hydrogen-bond acceptors (Lipinski definition) is 7. The van der Waals surface area contributed by atoms with Gasteiger partial charge in [0, 0.05) is 12.7 Å². The summed E-state index contributed by atoms with van der Waals surface area (Å²) in [6, 6.07) is 13.5. The standard InChI is InChI=1S/C29H35N7O3/c1-4-14-36-15-6-7-19(17-36)18-10-11-21(24(16-18)39-3)33-29-34-27-20(12-13-31-27)28(35-29)32-22-8-5-9-23(38-2)25(22)26(30)37/h5,8-13,16,19H,4,6-7,14-15,17H2,1-3H3,(H2,30,37)(H3,31,32,33,34,35)/p+1. The second kappa shape index (κ2) is 11.6. The van der Waals surface area contributed by atoms with Gasteiger partial charge < -0.3 is 25.4 Å². The number of piperidine rings is 1. The number of aromatic amines is 2. The van der Waals surface area contributed by atoms with Crippen molar-refractivity contribution in [2.24, 2.45) is 5.73 Å². The molecule has 6 N–H and O–H groups in total. The van der Waals surface area contributed by atoms with Gasteiger partial charge in [-0.2, -0.15) is 0 Å². The average molecular weight is 531 g/mol. The summed E-state index contributed by atoms with van der Waals surface area (Å²) in [5, 5.41) is 7.46. The van der Waals surface area contributed by atoms with Crippen LogP contribution in [0.25, 0.3) is 11.0 Å². The summed E-state index contributed by atoms with van der Waals surface area (Å²) >= 11 is 0. The first-order valence-electron chi connectivity index (χ1n) is 13.3. The number of ether oxygens (including phenoxy) is 2. The molecule has 3 heterocycles. The predicted octanol–water partition coefficient (Wildman–Crippen LogP) is 4.57. The largest absolute Gasteiger partial charge is 0.496 e. The van der Waals surface area contributed by atoms with Gasteiger partial charge in [0.1, 0.15) is 17.0 Å². The van der Waals surface area contributed by atoms with Gasteiger partial charge in [0.05, 0.1) is 25.3 Å². The lowest BCUT2D eigenvalue weighted by atomic mass is 9.90. The number of anilines is 4. The van der Waals surface area contributed by atoms with Crippen molar-refractivity contribution < 1.29 is 19.3 Å². The molecule has 5 rings (SSSR count). The summed E-state index contributed by atoms with van der Waals surface area (Å²) in [4.78, 5) is 26.0. The number of carbonyl (C=O) groups excluding carboxylic acids is 1. The van der Waals surface area contributed by atoms with E-state index in [0.29, 0.717) is 29.1 Å². The Morgan fingerprint density at radius 3 is 2.77 bits per heavy atom. The Labute approximate surface area is 227 Å². The number of likely N-dealkylation sites (tertiary alicyclic amines) is 1. The third kappa shape index (κ3) is 5.61. The number of H-pyrrole nitrogens is 2. The molecule has 4 aromatic rings. The highest BCUT2D eigenvalue weighted by atomic mass is 16.5. The molecule has 2 aromatic heterocycles. The highest BCUT2D eigenvalue weighted by molar-refractivity contribution is 6.03. The Bertz CT molecular complexity index is 1470. The molecule has 1 fully saturated rings. The summed E-state index contributed by atoms with van der Waals surface area (Å²) in [5.41, 5.74) is 9.26. The highest BCUT2D eigenvalue weighted by Gasteiger charge is 2.23. The Balaban J connectivity index is 1.44. The van der Waals surface area contributed by atoms with Crippen molar-refractivity contribution in [3.8, 4) is 11.5 Å². The van der Waals surface area contributed by atoms with Crippen molar-refractivity contribution >= 4 is 40.1 Å². The van der Waals surface area contributed by atoms with Gasteiger partial charge in [0.15, 0.2) is 5.75 Å². The quantitative estimate of drug-likeness (QED) is 0.236. The normalized spacial score (nSPS) is 15.7. The van der Waals surface area contributed by atoms with Crippen LogP contribution in [0.4, 0.5) is 23.1 Å². The van der Waals surface area contributed by atoms with E-state index in [9.17, 15) is 4.79 Å². The van der Waals surface area contributed by atoms with Gasteiger partial charge in [0.25, 0.3) is 5.91 Å². The molecule has 1 saturated heterocycles. The zero-order valence-electron chi connectivity index (χ0n) is 22.6. The maximum atomic E-state index is 12.2. The predicted molar refractivity (Wildman–Crippen MR) is 152 cm³/mol. The first kappa shape index (κ1) is 26.3. The molecule has 10 nitrogen and oxygen atoms in total. The Kier molecular flexibility index (Phi) is 7.83. The van der Waals surface area contributed by atoms with Gasteiger partial charge in [-0.1, -0.05) is 24.0 Å². The molecular formula is C29H36N7O3+. The smallest absolute Gasteiger partial charge is 0.351 e. The molecule has 1 atom stereocenters. The highest BCUT2D eigenvalue weighted by Crippen LogP contribution is 2.35. The van der Waals surface area contributed by atoms with Gasteiger partial charge in [-0.25, -0.2) is 4.98 Å². The minimum absolute atomic E-state index is 0.255. The number of methoxy groups -OCH3 is 2. The number of amides is 1. The Hall–Kier alpha value is -4.31. The maximum Gasteiger partial charge on any atom is 0.351 e. The van der Waals surface area contributed by atoms with E-state index in [1.807, 2.05) is 18.3 Å². The lowest BCUT2D eigenvalue weighted by Crippen LogP contribution is -2.34. The molecule has 1 aliphatic rings. The molecule has 204 valence electrons. The molecule has 0 bridgehead atoms. The molecule has 0 radical (unpaired) electrons. The lowest BCUT2D eigenvalue weighted by molar-refractivity contribution is -0.333. The fourth-order valence-electron chi connectivity index (χ4n) is 5.37. The molecule has 1 aliphatic heterocycles. The summed E-state index contributed by atoms with van der Waals surface area (Å²) in [7, 11) is 3.18. The first-order chi connectivity index (χ1) is 19.0. The van der Waals surface area contributed by atoms with E-state index >= 15 is 0 Å². The molecule has 10 heteroatoms. The summed E-state index contributed by atoms with van der Waals surface area (Å²) in [6.07, 6.45) is 5.38. The van der Waals surface area contributed by atoms with E-state index in [2.05, 4.69) is 44.6 Å². The Morgan fingerprint density at radius 1 is 1.15 bits per heavy atom. The molecule has 1 unspecified atom stereocenters. The zero-order chi connectivity index (χ0) is 27.4. The molecule has 1 amide bonds. The van der Waals surface area contributed by atoms with E-state index in [-0.39, 0.29) is 5.56 Å². The molecule has 39 heavy (non-hydrogen) atoms. The van der Waals surface area contributed by atoms with Crippen molar-refractivity contribution in [1.82, 2.24) is 14.9 Å². The monoisotopic (exact) mass is 530 g/mol. The molecule has 0 aliphatic carbocycles. The van der Waals surface area contributed by atoms with Gasteiger partial charge in [-0.3, -0.25) is 15.1 Å². The average Bonchev–Trinajstić information content (AvgIpc) is 3.42. The van der Waals surface area contributed by atoms with E-state index in [0.717, 1.165) is 35.6 Å². The second-order valence-electron chi connectivity index (χ2n) is 9.80. The van der Waals surface area contributed by atoms with Crippen molar-refractivity contribution in [1.29, 1.82) is 0 Å². The van der Waals surface area contributed by atoms with E-state index in [4.69, 9.17) is 20.2 Å². The third-order valence-electron chi connectivity index (χ3n) is 7.21. The van der Waals surface area contributed by atoms with Crippen LogP contribution in [0.5, 0.6) is 11.5 Å². The second-order valence-corrected chi connectivity index (χ2v) is 9.80. The fourth-order valence-corrected chi connectivity index (χ4v) is 5.37. The SMILES string of the molecule is CCCN1CCCC(c2ccc(Nc3nc(Nc4cccc(OC)c4C(N)=O)c4cc[nH]c4[nH+]3)c(OC)c2)C1. The van der Waals surface area contributed by atoms with E-state index in [1.54, 1.807) is 25.3 Å². The number of carbonyl (C=O) groups is 1. The fraction of sp³-hybridized carbons (Fsp3) is 0.345. The van der Waals surface area contributed by atoms with Crippen molar-refractivity contribution in [3.63, 3.8) is 0 Å². The number of rotatable bonds is 10. The number of nitrogens with zero attached hydrogens (tertiary/aromatic N) is 2. The molecule has 0 saturated carbocycles. The number of benzene rings is 2. The number of nitrogens with one attached hydrogen (secondary N) is 4. The van der Waals surface area contributed by atoms with Crippen LogP contribution >= 0.6 is 0 Å². The minimum atomic E-state index is -0.596. The summed E-state index contributed by atoms with van der Waals surface area (Å²) in [6.45, 7) is 5.63. The lowest BCUT2D eigenvalue weighted by Gasteiger charge is -2.33. The van der Waals surface area contributed by atoms with Crippen LogP contribution < -0.4 is 30.8 Å². The molecular weight excluding hydrogens is 494 g/mol. The van der Waals surface area contributed by atoms with Crippen LogP contribution in [-0.2, 0) is 0 Å². The number of fused-ring (bicyclic) bond motifs is 1. The van der Waals surface area contributed by atoms with E-state index in [1.165, 1.54) is 38.5 Å². The molecule has 0 spiro atoms. The molecule has 2 aromatic carbocycles. The van der Waals surface area contributed by atoms with Gasteiger partial charge in [0.2, 0.25) is 11.5 Å². The van der Waals surface area contributed by atoms with Crippen LogP contribution in [0.3, 0.4) is 0 Å². The topological polar surface area (TPSA) is 132 Å².